The molecule has 0 saturated carbocycles. The number of halogens is 1. The summed E-state index contributed by atoms with van der Waals surface area (Å²) in [6, 6.07) is 6.13. The number of amides is 1. The van der Waals surface area contributed by atoms with Gasteiger partial charge in [-0.05, 0) is 19.1 Å². The highest BCUT2D eigenvalue weighted by Crippen LogP contribution is 2.25. The van der Waals surface area contributed by atoms with Crippen LogP contribution in [0.25, 0.3) is 5.69 Å². The Balaban J connectivity index is 1.81. The molecule has 3 rings (SSSR count). The van der Waals surface area contributed by atoms with E-state index >= 15 is 0 Å². The van der Waals surface area contributed by atoms with E-state index in [1.54, 1.807) is 25.1 Å². The molecule has 1 amide bonds. The van der Waals surface area contributed by atoms with E-state index < -0.39 is 17.4 Å². The van der Waals surface area contributed by atoms with Gasteiger partial charge in [-0.3, -0.25) is 4.79 Å². The van der Waals surface area contributed by atoms with Crippen LogP contribution in [0.2, 0.25) is 0 Å². The van der Waals surface area contributed by atoms with Crippen molar-refractivity contribution in [3.8, 4) is 5.69 Å². The van der Waals surface area contributed by atoms with Gasteiger partial charge in [0.25, 0.3) is 5.91 Å². The molecule has 1 aliphatic rings. The van der Waals surface area contributed by atoms with Crippen LogP contribution in [-0.4, -0.2) is 55.5 Å². The third kappa shape index (κ3) is 3.00. The molecular formula is C17H18FN3O4. The van der Waals surface area contributed by atoms with Crippen molar-refractivity contribution in [2.24, 2.45) is 0 Å². The number of aromatic nitrogens is 2. The number of likely N-dealkylation sites (tertiary alicyclic amines) is 1. The molecule has 0 aliphatic carbocycles. The number of aliphatic hydroxyl groups is 1. The van der Waals surface area contributed by atoms with Crippen LogP contribution in [0.3, 0.4) is 0 Å². The van der Waals surface area contributed by atoms with E-state index in [9.17, 15) is 19.1 Å². The number of carbonyl (C=O) groups is 2. The zero-order chi connectivity index (χ0) is 18.2. The predicted octanol–water partition coefficient (Wildman–Crippen LogP) is 1.37. The van der Waals surface area contributed by atoms with Gasteiger partial charge in [0.05, 0.1) is 17.5 Å². The van der Waals surface area contributed by atoms with Gasteiger partial charge in [0.1, 0.15) is 11.5 Å². The van der Waals surface area contributed by atoms with Crippen LogP contribution in [0.4, 0.5) is 4.39 Å². The zero-order valence-corrected chi connectivity index (χ0v) is 13.6. The van der Waals surface area contributed by atoms with Crippen molar-refractivity contribution in [2.75, 3.05) is 13.1 Å². The molecule has 1 aromatic carbocycles. The third-order valence-electron chi connectivity index (χ3n) is 4.60. The van der Waals surface area contributed by atoms with Crippen molar-refractivity contribution < 1.29 is 24.2 Å². The first kappa shape index (κ1) is 17.1. The molecule has 0 radical (unpaired) electrons. The molecular weight excluding hydrogens is 329 g/mol. The van der Waals surface area contributed by atoms with E-state index in [4.69, 9.17) is 5.11 Å². The molecule has 132 valence electrons. The SMILES string of the molecule is Cc1c(C(=O)N2CCC(O)(C(=O)O)CC2)cnn1-c1ccccc1F. The molecule has 0 bridgehead atoms. The highest BCUT2D eigenvalue weighted by molar-refractivity contribution is 5.95. The van der Waals surface area contributed by atoms with Crippen LogP contribution >= 0.6 is 0 Å². The van der Waals surface area contributed by atoms with Crippen molar-refractivity contribution in [1.82, 2.24) is 14.7 Å². The van der Waals surface area contributed by atoms with Gasteiger partial charge in [0.15, 0.2) is 5.60 Å². The molecule has 1 saturated heterocycles. The standard InChI is InChI=1S/C17H18FN3O4/c1-11-12(10-19-21(11)14-5-3-2-4-13(14)18)15(22)20-8-6-17(25,7-9-20)16(23)24/h2-5,10,25H,6-9H2,1H3,(H,23,24). The molecule has 2 heterocycles. The summed E-state index contributed by atoms with van der Waals surface area (Å²) in [5.41, 5.74) is -0.723. The summed E-state index contributed by atoms with van der Waals surface area (Å²) in [6.07, 6.45) is 1.31. The second-order valence-corrected chi connectivity index (χ2v) is 6.14. The van der Waals surface area contributed by atoms with Gasteiger partial charge >= 0.3 is 5.97 Å². The highest BCUT2D eigenvalue weighted by Gasteiger charge is 2.40. The molecule has 25 heavy (non-hydrogen) atoms. The summed E-state index contributed by atoms with van der Waals surface area (Å²) in [6.45, 7) is 1.93. The maximum Gasteiger partial charge on any atom is 0.335 e. The molecule has 1 aliphatic heterocycles. The van der Waals surface area contributed by atoms with Crippen molar-refractivity contribution >= 4 is 11.9 Å². The number of hydrogen-bond donors (Lipinski definition) is 2. The number of piperidine rings is 1. The first-order valence-corrected chi connectivity index (χ1v) is 7.88. The molecule has 1 aromatic heterocycles. The fraction of sp³-hybridized carbons (Fsp3) is 0.353. The Morgan fingerprint density at radius 2 is 1.88 bits per heavy atom. The summed E-state index contributed by atoms with van der Waals surface area (Å²) >= 11 is 0. The molecule has 2 aromatic rings. The first-order valence-electron chi connectivity index (χ1n) is 7.88. The lowest BCUT2D eigenvalue weighted by molar-refractivity contribution is -0.162. The molecule has 0 unspecified atom stereocenters. The number of hydrogen-bond acceptors (Lipinski definition) is 4. The lowest BCUT2D eigenvalue weighted by Crippen LogP contribution is -2.50. The lowest BCUT2D eigenvalue weighted by atomic mass is 9.91. The Morgan fingerprint density at radius 1 is 1.24 bits per heavy atom. The number of rotatable bonds is 3. The molecule has 7 nitrogen and oxygen atoms in total. The number of para-hydroxylation sites is 1. The summed E-state index contributed by atoms with van der Waals surface area (Å²) in [5.74, 6) is -2.03. The van der Waals surface area contributed by atoms with Gasteiger partial charge in [-0.15, -0.1) is 0 Å². The second-order valence-electron chi connectivity index (χ2n) is 6.14. The number of aliphatic carboxylic acids is 1. The van der Waals surface area contributed by atoms with Crippen LogP contribution in [0.5, 0.6) is 0 Å². The topological polar surface area (TPSA) is 95.7 Å². The number of benzene rings is 1. The molecule has 1 fully saturated rings. The van der Waals surface area contributed by atoms with Crippen molar-refractivity contribution in [3.63, 3.8) is 0 Å². The van der Waals surface area contributed by atoms with Crippen LogP contribution in [0, 0.1) is 12.7 Å². The summed E-state index contributed by atoms with van der Waals surface area (Å²) in [4.78, 5) is 25.2. The number of nitrogens with zero attached hydrogens (tertiary/aromatic N) is 3. The van der Waals surface area contributed by atoms with E-state index in [0.29, 0.717) is 11.3 Å². The van der Waals surface area contributed by atoms with Gasteiger partial charge in [-0.2, -0.15) is 5.10 Å². The Morgan fingerprint density at radius 3 is 2.48 bits per heavy atom. The van der Waals surface area contributed by atoms with Crippen molar-refractivity contribution in [3.05, 3.63) is 47.5 Å². The molecule has 2 N–H and O–H groups in total. The van der Waals surface area contributed by atoms with Crippen LogP contribution < -0.4 is 0 Å². The van der Waals surface area contributed by atoms with E-state index in [-0.39, 0.29) is 37.5 Å². The minimum absolute atomic E-state index is 0.0332. The van der Waals surface area contributed by atoms with Gasteiger partial charge in [0, 0.05) is 25.9 Å². The van der Waals surface area contributed by atoms with E-state index in [0.717, 1.165) is 0 Å². The average Bonchev–Trinajstić information content (AvgIpc) is 2.96. The minimum atomic E-state index is -1.79. The Bertz CT molecular complexity index is 825. The smallest absolute Gasteiger partial charge is 0.335 e. The maximum atomic E-state index is 13.9. The van der Waals surface area contributed by atoms with Crippen LogP contribution in [-0.2, 0) is 4.79 Å². The number of carboxylic acids is 1. The minimum Gasteiger partial charge on any atom is -0.479 e. The van der Waals surface area contributed by atoms with Crippen molar-refractivity contribution in [1.29, 1.82) is 0 Å². The first-order chi connectivity index (χ1) is 11.8. The zero-order valence-electron chi connectivity index (χ0n) is 13.6. The maximum absolute atomic E-state index is 13.9. The van der Waals surface area contributed by atoms with Crippen molar-refractivity contribution in [2.45, 2.75) is 25.4 Å². The highest BCUT2D eigenvalue weighted by atomic mass is 19.1. The fourth-order valence-corrected chi connectivity index (χ4v) is 2.95. The predicted molar refractivity (Wildman–Crippen MR) is 86.0 cm³/mol. The molecule has 8 heteroatoms. The van der Waals surface area contributed by atoms with E-state index in [2.05, 4.69) is 5.10 Å². The van der Waals surface area contributed by atoms with E-state index in [1.807, 2.05) is 0 Å². The van der Waals surface area contributed by atoms with Crippen LogP contribution in [0.15, 0.2) is 30.5 Å². The summed E-state index contributed by atoms with van der Waals surface area (Å²) < 4.78 is 15.3. The fourth-order valence-electron chi connectivity index (χ4n) is 2.95. The van der Waals surface area contributed by atoms with E-state index in [1.165, 1.54) is 21.8 Å². The normalized spacial score (nSPS) is 16.7. The Kier molecular flexibility index (Phi) is 4.30. The molecule has 0 spiro atoms. The van der Waals surface area contributed by atoms with Gasteiger partial charge in [0.2, 0.25) is 0 Å². The van der Waals surface area contributed by atoms with Gasteiger partial charge < -0.3 is 15.1 Å². The largest absolute Gasteiger partial charge is 0.479 e. The number of carbonyl (C=O) groups excluding carboxylic acids is 1. The summed E-state index contributed by atoms with van der Waals surface area (Å²) in [5, 5.41) is 23.1. The quantitative estimate of drug-likeness (QED) is 0.874. The monoisotopic (exact) mass is 347 g/mol. The summed E-state index contributed by atoms with van der Waals surface area (Å²) in [7, 11) is 0. The van der Waals surface area contributed by atoms with Gasteiger partial charge in [-0.1, -0.05) is 12.1 Å². The van der Waals surface area contributed by atoms with Crippen LogP contribution in [0.1, 0.15) is 28.9 Å². The second kappa shape index (κ2) is 6.29. The lowest BCUT2D eigenvalue weighted by Gasteiger charge is -2.35. The number of carboxylic acid groups (broad SMARTS) is 1. The third-order valence-corrected chi connectivity index (χ3v) is 4.60. The molecule has 0 atom stereocenters. The average molecular weight is 347 g/mol. The Hall–Kier alpha value is -2.74. The Labute approximate surface area is 143 Å². The van der Waals surface area contributed by atoms with Gasteiger partial charge in [-0.25, -0.2) is 13.9 Å².